The Morgan fingerprint density at radius 3 is 2.64 bits per heavy atom. The summed E-state index contributed by atoms with van der Waals surface area (Å²) >= 11 is 0. The van der Waals surface area contributed by atoms with Crippen molar-refractivity contribution in [2.75, 3.05) is 11.9 Å². The number of fused-ring (bicyclic) bond motifs is 1. The number of aromatic nitrogens is 2. The Hall–Kier alpha value is -2.91. The maximum absolute atomic E-state index is 12.4. The average Bonchev–Trinajstić information content (AvgIpc) is 3.52. The van der Waals surface area contributed by atoms with Gasteiger partial charge in [-0.25, -0.2) is 17.8 Å². The fraction of sp³-hybridized carbons (Fsp3) is 0.417. The molecule has 2 aromatic carbocycles. The van der Waals surface area contributed by atoms with Crippen LogP contribution in [0, 0.1) is 6.92 Å². The van der Waals surface area contributed by atoms with Gasteiger partial charge in [0.05, 0.1) is 22.7 Å². The maximum Gasteiger partial charge on any atom is 0.251 e. The van der Waals surface area contributed by atoms with Gasteiger partial charge in [0.1, 0.15) is 0 Å². The third kappa shape index (κ3) is 5.36. The Morgan fingerprint density at radius 2 is 1.94 bits per heavy atom. The maximum atomic E-state index is 12.4. The van der Waals surface area contributed by atoms with Crippen LogP contribution in [0.15, 0.2) is 42.6 Å². The van der Waals surface area contributed by atoms with Crippen LogP contribution < -0.4 is 15.4 Å². The van der Waals surface area contributed by atoms with E-state index in [-0.39, 0.29) is 23.2 Å². The van der Waals surface area contributed by atoms with Crippen molar-refractivity contribution in [3.63, 3.8) is 0 Å². The van der Waals surface area contributed by atoms with Crippen molar-refractivity contribution in [3.05, 3.63) is 53.7 Å². The second-order valence-corrected chi connectivity index (χ2v) is 11.1. The summed E-state index contributed by atoms with van der Waals surface area (Å²) in [6.45, 7) is 8.18. The van der Waals surface area contributed by atoms with Gasteiger partial charge in [-0.1, -0.05) is 6.07 Å². The van der Waals surface area contributed by atoms with Crippen LogP contribution in [0.4, 0.5) is 5.69 Å². The minimum Gasteiger partial charge on any atom is -0.383 e. The molecule has 1 aromatic heterocycles. The highest BCUT2D eigenvalue weighted by molar-refractivity contribution is 7.90. The Labute approximate surface area is 194 Å². The van der Waals surface area contributed by atoms with E-state index in [1.165, 1.54) is 0 Å². The zero-order valence-corrected chi connectivity index (χ0v) is 20.2. The molecule has 0 bridgehead atoms. The van der Waals surface area contributed by atoms with E-state index in [9.17, 15) is 13.2 Å². The molecule has 9 heteroatoms. The second kappa shape index (κ2) is 9.15. The zero-order chi connectivity index (χ0) is 23.8. The van der Waals surface area contributed by atoms with E-state index >= 15 is 0 Å². The molecule has 1 atom stereocenters. The molecule has 1 saturated carbocycles. The third-order valence-electron chi connectivity index (χ3n) is 5.53. The van der Waals surface area contributed by atoms with Crippen molar-refractivity contribution in [3.8, 4) is 5.69 Å². The van der Waals surface area contributed by atoms with E-state index in [2.05, 4.69) is 20.5 Å². The Balaban J connectivity index is 1.57. The molecule has 1 amide bonds. The van der Waals surface area contributed by atoms with E-state index in [4.69, 9.17) is 0 Å². The molecule has 0 unspecified atom stereocenters. The number of carbonyl (C=O) groups excluding carboxylic acids is 1. The van der Waals surface area contributed by atoms with Crippen molar-refractivity contribution in [1.82, 2.24) is 19.8 Å². The molecular weight excluding hydrogens is 438 g/mol. The first-order valence-corrected chi connectivity index (χ1v) is 12.8. The lowest BCUT2D eigenvalue weighted by molar-refractivity contribution is 0.0943. The summed E-state index contributed by atoms with van der Waals surface area (Å²) in [7, 11) is -3.23. The van der Waals surface area contributed by atoms with Gasteiger partial charge in [0.15, 0.2) is 0 Å². The molecule has 1 aliphatic carbocycles. The minimum absolute atomic E-state index is 0.0547. The van der Waals surface area contributed by atoms with Gasteiger partial charge in [-0.3, -0.25) is 4.79 Å². The quantitative estimate of drug-likeness (QED) is 0.446. The molecule has 0 radical (unpaired) electrons. The number of nitrogens with zero attached hydrogens (tertiary/aromatic N) is 2. The summed E-state index contributed by atoms with van der Waals surface area (Å²) < 4.78 is 29.0. The molecule has 1 aliphatic rings. The summed E-state index contributed by atoms with van der Waals surface area (Å²) in [5.41, 5.74) is 4.22. The molecule has 0 aliphatic heterocycles. The van der Waals surface area contributed by atoms with Crippen LogP contribution in [0.3, 0.4) is 0 Å². The number of anilines is 1. The topological polar surface area (TPSA) is 105 Å². The van der Waals surface area contributed by atoms with Crippen LogP contribution in [0.25, 0.3) is 16.6 Å². The van der Waals surface area contributed by atoms with Gasteiger partial charge >= 0.3 is 0 Å². The lowest BCUT2D eigenvalue weighted by Gasteiger charge is -2.16. The average molecular weight is 470 g/mol. The largest absolute Gasteiger partial charge is 0.383 e. The second-order valence-electron chi connectivity index (χ2n) is 9.12. The zero-order valence-electron chi connectivity index (χ0n) is 19.4. The van der Waals surface area contributed by atoms with Gasteiger partial charge in [-0.2, -0.15) is 5.10 Å². The Kier molecular flexibility index (Phi) is 6.45. The molecule has 3 N–H and O–H groups in total. The highest BCUT2D eigenvalue weighted by Crippen LogP contribution is 2.29. The van der Waals surface area contributed by atoms with Gasteiger partial charge in [0.2, 0.25) is 10.0 Å². The molecule has 176 valence electrons. The molecule has 0 saturated heterocycles. The first-order valence-electron chi connectivity index (χ1n) is 11.3. The minimum atomic E-state index is -3.23. The first-order chi connectivity index (χ1) is 15.6. The van der Waals surface area contributed by atoms with E-state index in [1.807, 2.05) is 62.7 Å². The number of rotatable bonds is 9. The molecule has 1 heterocycles. The number of carbonyl (C=O) groups is 1. The van der Waals surface area contributed by atoms with E-state index in [0.29, 0.717) is 12.1 Å². The number of nitrogens with one attached hydrogen (secondary N) is 3. The van der Waals surface area contributed by atoms with E-state index < -0.39 is 10.0 Å². The predicted molar refractivity (Wildman–Crippen MR) is 131 cm³/mol. The summed E-state index contributed by atoms with van der Waals surface area (Å²) in [4.78, 5) is 12.4. The van der Waals surface area contributed by atoms with E-state index in [0.717, 1.165) is 40.7 Å². The molecule has 0 spiro atoms. The van der Waals surface area contributed by atoms with Crippen LogP contribution in [0.2, 0.25) is 0 Å². The molecule has 1 fully saturated rings. The summed E-state index contributed by atoms with van der Waals surface area (Å²) in [6.07, 6.45) is 3.28. The van der Waals surface area contributed by atoms with Crippen LogP contribution in [-0.4, -0.2) is 48.0 Å². The monoisotopic (exact) mass is 469 g/mol. The van der Waals surface area contributed by atoms with Crippen molar-refractivity contribution in [1.29, 1.82) is 0 Å². The fourth-order valence-electron chi connectivity index (χ4n) is 3.80. The van der Waals surface area contributed by atoms with Crippen LogP contribution in [0.5, 0.6) is 0 Å². The van der Waals surface area contributed by atoms with Crippen LogP contribution >= 0.6 is 0 Å². The van der Waals surface area contributed by atoms with Gasteiger partial charge in [-0.15, -0.1) is 0 Å². The van der Waals surface area contributed by atoms with Crippen molar-refractivity contribution < 1.29 is 13.2 Å². The predicted octanol–water partition coefficient (Wildman–Crippen LogP) is 3.35. The number of hydrogen-bond donors (Lipinski definition) is 3. The third-order valence-corrected chi connectivity index (χ3v) is 7.61. The smallest absolute Gasteiger partial charge is 0.251 e. The molecule has 3 aromatic rings. The molecule has 4 rings (SSSR count). The highest BCUT2D eigenvalue weighted by Gasteiger charge is 2.36. The van der Waals surface area contributed by atoms with Crippen LogP contribution in [-0.2, 0) is 10.0 Å². The summed E-state index contributed by atoms with van der Waals surface area (Å²) in [6, 6.07) is 11.3. The van der Waals surface area contributed by atoms with Gasteiger partial charge in [0.25, 0.3) is 5.91 Å². The first kappa shape index (κ1) is 23.3. The van der Waals surface area contributed by atoms with Gasteiger partial charge in [0, 0.05) is 35.3 Å². The number of benzene rings is 2. The fourth-order valence-corrected chi connectivity index (χ4v) is 5.40. The van der Waals surface area contributed by atoms with Crippen LogP contribution in [0.1, 0.15) is 49.5 Å². The molecule has 8 nitrogen and oxygen atoms in total. The number of sulfonamides is 1. The van der Waals surface area contributed by atoms with Crippen molar-refractivity contribution in [2.45, 2.75) is 57.9 Å². The van der Waals surface area contributed by atoms with Crippen molar-refractivity contribution >= 4 is 32.5 Å². The lowest BCUT2D eigenvalue weighted by Crippen LogP contribution is -2.39. The van der Waals surface area contributed by atoms with Gasteiger partial charge in [-0.05, 0) is 76.4 Å². The van der Waals surface area contributed by atoms with Gasteiger partial charge < -0.3 is 10.6 Å². The number of amides is 1. The highest BCUT2D eigenvalue weighted by atomic mass is 32.2. The van der Waals surface area contributed by atoms with Crippen molar-refractivity contribution in [2.24, 2.45) is 0 Å². The Bertz CT molecular complexity index is 1280. The number of aryl methyl sites for hydroxylation is 1. The molecular formula is C24H31N5O3S. The Morgan fingerprint density at radius 1 is 1.18 bits per heavy atom. The number of hydrogen-bond acceptors (Lipinski definition) is 5. The normalized spacial score (nSPS) is 15.1. The summed E-state index contributed by atoms with van der Waals surface area (Å²) in [5.74, 6) is -0.121. The summed E-state index contributed by atoms with van der Waals surface area (Å²) in [5, 5.41) is 11.6. The van der Waals surface area contributed by atoms with E-state index in [1.54, 1.807) is 12.3 Å². The lowest BCUT2D eigenvalue weighted by atomic mass is 10.1. The standard InChI is InChI=1S/C24H31N5O3S/c1-15(2)27-24(30)18-6-5-7-19(12-18)29-23-11-16(3)10-22(21(23)14-26-29)25-13-17(4)28-33(31,32)20-8-9-20/h5-7,10-12,14-15,17,20,25,28H,8-9,13H2,1-4H3,(H,27,30)/t17-/m0/s1. The molecule has 33 heavy (non-hydrogen) atoms. The SMILES string of the molecule is Cc1cc(NC[C@H](C)NS(=O)(=O)C2CC2)c2cnn(-c3cccc(C(=O)NC(C)C)c3)c2c1.